The summed E-state index contributed by atoms with van der Waals surface area (Å²) < 4.78 is 24.6. The van der Waals surface area contributed by atoms with Gasteiger partial charge < -0.3 is 14.4 Å². The number of hydrogen-bond acceptors (Lipinski definition) is 5. The third kappa shape index (κ3) is 3.07. The summed E-state index contributed by atoms with van der Waals surface area (Å²) in [4.78, 5) is 12.9. The molecule has 28 heavy (non-hydrogen) atoms. The Morgan fingerprint density at radius 3 is 2.43 bits per heavy atom. The Labute approximate surface area is 160 Å². The van der Waals surface area contributed by atoms with E-state index in [1.54, 1.807) is 32.0 Å². The largest absolute Gasteiger partial charge is 0.360 e. The van der Waals surface area contributed by atoms with Crippen LogP contribution in [0.15, 0.2) is 63.6 Å². The number of halogens is 1. The maximum atomic E-state index is 14.0. The summed E-state index contributed by atoms with van der Waals surface area (Å²) in [6, 6.07) is 15.5. The molecule has 1 N–H and O–H groups in total. The predicted octanol–water partition coefficient (Wildman–Crippen LogP) is 5.00. The molecule has 2 aromatic carbocycles. The summed E-state index contributed by atoms with van der Waals surface area (Å²) in [6.07, 6.45) is 0. The molecule has 0 fully saturated rings. The number of nitrogens with zero attached hydrogens (tertiary/aromatic N) is 2. The predicted molar refractivity (Wildman–Crippen MR) is 101 cm³/mol. The van der Waals surface area contributed by atoms with E-state index in [2.05, 4.69) is 15.6 Å². The molecule has 2 heterocycles. The van der Waals surface area contributed by atoms with Crippen molar-refractivity contribution in [3.63, 3.8) is 0 Å². The van der Waals surface area contributed by atoms with Gasteiger partial charge in [0.15, 0.2) is 11.6 Å². The van der Waals surface area contributed by atoms with Crippen LogP contribution in [0.5, 0.6) is 0 Å². The van der Waals surface area contributed by atoms with Gasteiger partial charge in [-0.1, -0.05) is 52.8 Å². The second kappa shape index (κ2) is 7.11. The molecule has 0 saturated heterocycles. The summed E-state index contributed by atoms with van der Waals surface area (Å²) in [5.74, 6) is -0.0108. The van der Waals surface area contributed by atoms with Crippen LogP contribution in [0.25, 0.3) is 22.6 Å². The van der Waals surface area contributed by atoms with E-state index in [0.29, 0.717) is 22.6 Å². The first-order chi connectivity index (χ1) is 13.6. The second-order valence-corrected chi connectivity index (χ2v) is 6.25. The van der Waals surface area contributed by atoms with Crippen molar-refractivity contribution in [1.82, 2.24) is 10.3 Å². The smallest absolute Gasteiger partial charge is 0.262 e. The first-order valence-corrected chi connectivity index (χ1v) is 8.60. The van der Waals surface area contributed by atoms with Gasteiger partial charge in [-0.2, -0.15) is 0 Å². The van der Waals surface area contributed by atoms with E-state index in [9.17, 15) is 9.18 Å². The van der Waals surface area contributed by atoms with Gasteiger partial charge in [0.05, 0.1) is 5.56 Å². The lowest BCUT2D eigenvalue weighted by molar-refractivity contribution is 0.102. The van der Waals surface area contributed by atoms with E-state index >= 15 is 0 Å². The minimum absolute atomic E-state index is 0.211. The molecule has 0 bridgehead atoms. The Bertz CT molecular complexity index is 1150. The number of aromatic nitrogens is 2. The molecule has 2 aromatic heterocycles. The van der Waals surface area contributed by atoms with Gasteiger partial charge in [-0.15, -0.1) is 0 Å². The van der Waals surface area contributed by atoms with Crippen LogP contribution in [-0.4, -0.2) is 16.2 Å². The van der Waals surface area contributed by atoms with Crippen LogP contribution in [0.4, 0.5) is 10.2 Å². The number of carbonyl (C=O) groups excluding carboxylic acids is 1. The normalized spacial score (nSPS) is 10.8. The van der Waals surface area contributed by atoms with Crippen molar-refractivity contribution < 1.29 is 18.2 Å². The fourth-order valence-corrected chi connectivity index (χ4v) is 2.95. The van der Waals surface area contributed by atoms with Gasteiger partial charge in [0.2, 0.25) is 0 Å². The van der Waals surface area contributed by atoms with Gasteiger partial charge >= 0.3 is 0 Å². The molecule has 0 aliphatic heterocycles. The number of aryl methyl sites for hydroxylation is 1. The van der Waals surface area contributed by atoms with Gasteiger partial charge in [0.25, 0.3) is 5.91 Å². The van der Waals surface area contributed by atoms with E-state index in [1.807, 2.05) is 30.3 Å². The molecule has 0 spiro atoms. The standard InChI is InChI=1S/C21H16FN3O3/c1-12-19(15-10-6-7-11-16(15)22)28-25-20(12)23-21(26)17-13(2)27-24-18(17)14-8-4-3-5-9-14/h3-11H,1-2H3,(H,23,25,26). The van der Waals surface area contributed by atoms with Crippen molar-refractivity contribution in [3.8, 4) is 22.6 Å². The number of benzene rings is 2. The lowest BCUT2D eigenvalue weighted by atomic mass is 10.1. The van der Waals surface area contributed by atoms with Crippen LogP contribution in [0.2, 0.25) is 0 Å². The highest BCUT2D eigenvalue weighted by molar-refractivity contribution is 6.08. The average molecular weight is 377 g/mol. The van der Waals surface area contributed by atoms with E-state index < -0.39 is 11.7 Å². The van der Waals surface area contributed by atoms with Gasteiger partial charge in [-0.05, 0) is 26.0 Å². The summed E-state index contributed by atoms with van der Waals surface area (Å²) >= 11 is 0. The van der Waals surface area contributed by atoms with Gasteiger partial charge in [0, 0.05) is 11.1 Å². The van der Waals surface area contributed by atoms with E-state index in [-0.39, 0.29) is 17.1 Å². The molecule has 7 heteroatoms. The molecule has 4 aromatic rings. The summed E-state index contributed by atoms with van der Waals surface area (Å²) in [5, 5.41) is 10.6. The zero-order chi connectivity index (χ0) is 19.7. The summed E-state index contributed by atoms with van der Waals surface area (Å²) in [7, 11) is 0. The van der Waals surface area contributed by atoms with Crippen LogP contribution in [0, 0.1) is 19.7 Å². The number of anilines is 1. The molecular weight excluding hydrogens is 361 g/mol. The van der Waals surface area contributed by atoms with E-state index in [1.165, 1.54) is 6.07 Å². The summed E-state index contributed by atoms with van der Waals surface area (Å²) in [6.45, 7) is 3.36. The van der Waals surface area contributed by atoms with Gasteiger partial charge in [-0.25, -0.2) is 4.39 Å². The van der Waals surface area contributed by atoms with Crippen molar-refractivity contribution in [2.24, 2.45) is 0 Å². The SMILES string of the molecule is Cc1onc(-c2ccccc2)c1C(=O)Nc1noc(-c2ccccc2F)c1C. The maximum Gasteiger partial charge on any atom is 0.262 e. The zero-order valence-electron chi connectivity index (χ0n) is 15.2. The van der Waals surface area contributed by atoms with Crippen molar-refractivity contribution in [1.29, 1.82) is 0 Å². The van der Waals surface area contributed by atoms with Crippen molar-refractivity contribution in [2.45, 2.75) is 13.8 Å². The molecule has 4 rings (SSSR count). The lowest BCUT2D eigenvalue weighted by Gasteiger charge is -2.04. The topological polar surface area (TPSA) is 81.2 Å². The molecule has 6 nitrogen and oxygen atoms in total. The molecule has 1 amide bonds. The van der Waals surface area contributed by atoms with Crippen LogP contribution in [0.1, 0.15) is 21.7 Å². The van der Waals surface area contributed by atoms with Crippen LogP contribution in [0.3, 0.4) is 0 Å². The molecule has 140 valence electrons. The maximum absolute atomic E-state index is 14.0. The van der Waals surface area contributed by atoms with Crippen molar-refractivity contribution in [3.05, 3.63) is 77.3 Å². The minimum Gasteiger partial charge on any atom is -0.360 e. The Morgan fingerprint density at radius 1 is 0.964 bits per heavy atom. The first kappa shape index (κ1) is 17.7. The monoisotopic (exact) mass is 377 g/mol. The van der Waals surface area contributed by atoms with Crippen molar-refractivity contribution in [2.75, 3.05) is 5.32 Å². The highest BCUT2D eigenvalue weighted by Crippen LogP contribution is 2.31. The molecule has 0 unspecified atom stereocenters. The first-order valence-electron chi connectivity index (χ1n) is 8.60. The third-order valence-corrected chi connectivity index (χ3v) is 4.41. The Hall–Kier alpha value is -3.74. The minimum atomic E-state index is -0.436. The molecule has 0 atom stereocenters. The zero-order valence-corrected chi connectivity index (χ0v) is 15.2. The highest BCUT2D eigenvalue weighted by atomic mass is 19.1. The van der Waals surface area contributed by atoms with Crippen LogP contribution in [-0.2, 0) is 0 Å². The summed E-state index contributed by atoms with van der Waals surface area (Å²) in [5.41, 5.74) is 2.30. The molecule has 0 saturated carbocycles. The number of nitrogens with one attached hydrogen (secondary N) is 1. The molecule has 0 radical (unpaired) electrons. The van der Waals surface area contributed by atoms with Crippen LogP contribution < -0.4 is 5.32 Å². The fourth-order valence-electron chi connectivity index (χ4n) is 2.95. The third-order valence-electron chi connectivity index (χ3n) is 4.41. The number of carbonyl (C=O) groups is 1. The van der Waals surface area contributed by atoms with E-state index in [4.69, 9.17) is 9.05 Å². The highest BCUT2D eigenvalue weighted by Gasteiger charge is 2.24. The Kier molecular flexibility index (Phi) is 4.49. The Morgan fingerprint density at radius 2 is 1.68 bits per heavy atom. The fraction of sp³-hybridized carbons (Fsp3) is 0.0952. The molecule has 0 aliphatic carbocycles. The van der Waals surface area contributed by atoms with Crippen LogP contribution >= 0.6 is 0 Å². The van der Waals surface area contributed by atoms with Gasteiger partial charge in [-0.3, -0.25) is 4.79 Å². The second-order valence-electron chi connectivity index (χ2n) is 6.25. The molecule has 0 aliphatic rings. The number of amides is 1. The number of hydrogen-bond donors (Lipinski definition) is 1. The molecular formula is C21H16FN3O3. The Balaban J connectivity index is 1.66. The quantitative estimate of drug-likeness (QED) is 0.541. The van der Waals surface area contributed by atoms with Crippen molar-refractivity contribution >= 4 is 11.7 Å². The van der Waals surface area contributed by atoms with Gasteiger partial charge in [0.1, 0.15) is 22.8 Å². The average Bonchev–Trinajstić information content (AvgIpc) is 3.26. The van der Waals surface area contributed by atoms with E-state index in [0.717, 1.165) is 5.56 Å². The number of rotatable bonds is 4. The lowest BCUT2D eigenvalue weighted by Crippen LogP contribution is -2.14.